The van der Waals surface area contributed by atoms with E-state index in [0.29, 0.717) is 18.8 Å². The van der Waals surface area contributed by atoms with Gasteiger partial charge in [0.15, 0.2) is 0 Å². The molecule has 0 radical (unpaired) electrons. The molecule has 0 unspecified atom stereocenters. The molecule has 1 aliphatic rings. The first-order valence-electron chi connectivity index (χ1n) is 6.13. The van der Waals surface area contributed by atoms with E-state index >= 15 is 0 Å². The maximum atomic E-state index is 11.1. The molecule has 1 aromatic heterocycles. The van der Waals surface area contributed by atoms with Crippen LogP contribution in [0.3, 0.4) is 0 Å². The Labute approximate surface area is 101 Å². The minimum absolute atomic E-state index is 0.0279. The minimum atomic E-state index is 0.0279. The zero-order valence-electron chi connectivity index (χ0n) is 10.1. The van der Waals surface area contributed by atoms with Crippen LogP contribution in [-0.4, -0.2) is 29.0 Å². The fourth-order valence-corrected chi connectivity index (χ4v) is 1.90. The van der Waals surface area contributed by atoms with Crippen molar-refractivity contribution in [1.82, 2.24) is 15.3 Å². The van der Waals surface area contributed by atoms with Crippen molar-refractivity contribution in [1.29, 1.82) is 0 Å². The van der Waals surface area contributed by atoms with Gasteiger partial charge >= 0.3 is 0 Å². The van der Waals surface area contributed by atoms with E-state index in [1.807, 2.05) is 13.0 Å². The normalized spacial score (nSPS) is 15.0. The molecule has 5 heteroatoms. The molecule has 0 aliphatic carbocycles. The van der Waals surface area contributed by atoms with Crippen molar-refractivity contribution < 1.29 is 4.79 Å². The predicted molar refractivity (Wildman–Crippen MR) is 65.6 cm³/mol. The Hall–Kier alpha value is -1.65. The van der Waals surface area contributed by atoms with Gasteiger partial charge in [0.05, 0.1) is 6.54 Å². The van der Waals surface area contributed by atoms with Gasteiger partial charge in [0.2, 0.25) is 5.91 Å². The summed E-state index contributed by atoms with van der Waals surface area (Å²) in [5.74, 6) is 1.68. The number of carbonyl (C=O) groups is 1. The Morgan fingerprint density at radius 1 is 1.47 bits per heavy atom. The van der Waals surface area contributed by atoms with Crippen LogP contribution in [0.5, 0.6) is 0 Å². The Morgan fingerprint density at radius 3 is 2.94 bits per heavy atom. The number of hydrogen-bond donors (Lipinski definition) is 1. The lowest BCUT2D eigenvalue weighted by atomic mass is 10.4. The van der Waals surface area contributed by atoms with E-state index < -0.39 is 0 Å². The van der Waals surface area contributed by atoms with Crippen molar-refractivity contribution in [3.63, 3.8) is 0 Å². The van der Waals surface area contributed by atoms with Crippen molar-refractivity contribution in [2.75, 3.05) is 18.0 Å². The third-order valence-electron chi connectivity index (χ3n) is 2.89. The van der Waals surface area contributed by atoms with Gasteiger partial charge < -0.3 is 10.2 Å². The average molecular weight is 234 g/mol. The number of aromatic nitrogens is 2. The van der Waals surface area contributed by atoms with Crippen LogP contribution in [0.15, 0.2) is 12.3 Å². The van der Waals surface area contributed by atoms with Crippen molar-refractivity contribution in [3.05, 3.63) is 18.1 Å². The highest BCUT2D eigenvalue weighted by Crippen LogP contribution is 2.16. The monoisotopic (exact) mass is 234 g/mol. The van der Waals surface area contributed by atoms with Crippen molar-refractivity contribution in [2.24, 2.45) is 0 Å². The minimum Gasteiger partial charge on any atom is -0.357 e. The van der Waals surface area contributed by atoms with Gasteiger partial charge in [-0.1, -0.05) is 6.92 Å². The van der Waals surface area contributed by atoms with Gasteiger partial charge in [0, 0.05) is 25.7 Å². The van der Waals surface area contributed by atoms with Gasteiger partial charge in [-0.05, 0) is 18.9 Å². The quantitative estimate of drug-likeness (QED) is 0.847. The van der Waals surface area contributed by atoms with E-state index in [9.17, 15) is 4.79 Å². The summed E-state index contributed by atoms with van der Waals surface area (Å²) in [6, 6.07) is 1.93. The molecule has 17 heavy (non-hydrogen) atoms. The highest BCUT2D eigenvalue weighted by atomic mass is 16.1. The number of nitrogens with zero attached hydrogens (tertiary/aromatic N) is 3. The molecule has 1 aliphatic heterocycles. The molecule has 1 fully saturated rings. The standard InChI is InChI=1S/C12H18N4O/c1-2-12(17)14-9-10-13-6-5-11(15-10)16-7-3-4-8-16/h5-6H,2-4,7-9H2,1H3,(H,14,17). The van der Waals surface area contributed by atoms with Crippen LogP contribution in [-0.2, 0) is 11.3 Å². The Kier molecular flexibility index (Phi) is 3.90. The van der Waals surface area contributed by atoms with E-state index in [-0.39, 0.29) is 5.91 Å². The maximum absolute atomic E-state index is 11.1. The zero-order valence-corrected chi connectivity index (χ0v) is 10.1. The first kappa shape index (κ1) is 11.8. The fraction of sp³-hybridized carbons (Fsp3) is 0.583. The van der Waals surface area contributed by atoms with Crippen molar-refractivity contribution >= 4 is 11.7 Å². The van der Waals surface area contributed by atoms with Gasteiger partial charge in [0.1, 0.15) is 11.6 Å². The molecular weight excluding hydrogens is 216 g/mol. The second kappa shape index (κ2) is 5.61. The lowest BCUT2D eigenvalue weighted by molar-refractivity contribution is -0.120. The van der Waals surface area contributed by atoms with E-state index in [2.05, 4.69) is 20.2 Å². The lowest BCUT2D eigenvalue weighted by Gasteiger charge is -2.16. The largest absolute Gasteiger partial charge is 0.357 e. The van der Waals surface area contributed by atoms with Crippen LogP contribution < -0.4 is 10.2 Å². The Morgan fingerprint density at radius 2 is 2.24 bits per heavy atom. The molecule has 0 spiro atoms. The van der Waals surface area contributed by atoms with Crippen LogP contribution in [0.25, 0.3) is 0 Å². The van der Waals surface area contributed by atoms with Crippen LogP contribution in [0.1, 0.15) is 32.0 Å². The summed E-state index contributed by atoms with van der Waals surface area (Å²) in [4.78, 5) is 22.0. The molecule has 1 saturated heterocycles. The smallest absolute Gasteiger partial charge is 0.220 e. The van der Waals surface area contributed by atoms with E-state index in [1.165, 1.54) is 12.8 Å². The topological polar surface area (TPSA) is 58.1 Å². The molecule has 0 bridgehead atoms. The molecule has 2 heterocycles. The molecule has 1 amide bonds. The fourth-order valence-electron chi connectivity index (χ4n) is 1.90. The van der Waals surface area contributed by atoms with Crippen molar-refractivity contribution in [2.45, 2.75) is 32.7 Å². The summed E-state index contributed by atoms with van der Waals surface area (Å²) in [5, 5.41) is 2.78. The third-order valence-corrected chi connectivity index (χ3v) is 2.89. The molecule has 0 saturated carbocycles. The number of anilines is 1. The lowest BCUT2D eigenvalue weighted by Crippen LogP contribution is -2.24. The number of hydrogen-bond acceptors (Lipinski definition) is 4. The van der Waals surface area contributed by atoms with Gasteiger partial charge in [0.25, 0.3) is 0 Å². The third kappa shape index (κ3) is 3.15. The highest BCUT2D eigenvalue weighted by molar-refractivity contribution is 5.75. The summed E-state index contributed by atoms with van der Waals surface area (Å²) in [6.45, 7) is 4.38. The van der Waals surface area contributed by atoms with Gasteiger partial charge in [-0.2, -0.15) is 0 Å². The molecular formula is C12H18N4O. The second-order valence-electron chi connectivity index (χ2n) is 4.16. The molecule has 1 aromatic rings. The highest BCUT2D eigenvalue weighted by Gasteiger charge is 2.13. The van der Waals surface area contributed by atoms with Crippen LogP contribution >= 0.6 is 0 Å². The molecule has 5 nitrogen and oxygen atoms in total. The number of rotatable bonds is 4. The van der Waals surface area contributed by atoms with Gasteiger partial charge in [-0.25, -0.2) is 9.97 Å². The Balaban J connectivity index is 1.98. The van der Waals surface area contributed by atoms with Gasteiger partial charge in [-0.3, -0.25) is 4.79 Å². The predicted octanol–water partition coefficient (Wildman–Crippen LogP) is 1.10. The van der Waals surface area contributed by atoms with Crippen LogP contribution in [0, 0.1) is 0 Å². The zero-order chi connectivity index (χ0) is 12.1. The molecule has 0 atom stereocenters. The first-order chi connectivity index (χ1) is 8.29. The maximum Gasteiger partial charge on any atom is 0.220 e. The van der Waals surface area contributed by atoms with Crippen LogP contribution in [0.4, 0.5) is 5.82 Å². The summed E-state index contributed by atoms with van der Waals surface area (Å²) in [7, 11) is 0. The number of nitrogens with one attached hydrogen (secondary N) is 1. The summed E-state index contributed by atoms with van der Waals surface area (Å²) in [6.07, 6.45) is 4.71. The average Bonchev–Trinajstić information content (AvgIpc) is 2.90. The van der Waals surface area contributed by atoms with Gasteiger partial charge in [-0.15, -0.1) is 0 Å². The van der Waals surface area contributed by atoms with E-state index in [4.69, 9.17) is 0 Å². The molecule has 0 aromatic carbocycles. The number of carbonyl (C=O) groups excluding carboxylic acids is 1. The number of amides is 1. The van der Waals surface area contributed by atoms with Crippen LogP contribution in [0.2, 0.25) is 0 Å². The molecule has 1 N–H and O–H groups in total. The molecule has 92 valence electrons. The summed E-state index contributed by atoms with van der Waals surface area (Å²) in [5.41, 5.74) is 0. The summed E-state index contributed by atoms with van der Waals surface area (Å²) >= 11 is 0. The van der Waals surface area contributed by atoms with Crippen molar-refractivity contribution in [3.8, 4) is 0 Å². The van der Waals surface area contributed by atoms with E-state index in [0.717, 1.165) is 18.9 Å². The molecule has 2 rings (SSSR count). The first-order valence-corrected chi connectivity index (χ1v) is 6.13. The Bertz CT molecular complexity index is 388. The SMILES string of the molecule is CCC(=O)NCc1nccc(N2CCCC2)n1. The van der Waals surface area contributed by atoms with E-state index in [1.54, 1.807) is 6.20 Å². The summed E-state index contributed by atoms with van der Waals surface area (Å²) < 4.78 is 0. The second-order valence-corrected chi connectivity index (χ2v) is 4.16.